The normalized spacial score (nSPS) is 23.4. The molecule has 0 bridgehead atoms. The summed E-state index contributed by atoms with van der Waals surface area (Å²) in [5, 5.41) is 11.6. The Bertz CT molecular complexity index is 545. The summed E-state index contributed by atoms with van der Waals surface area (Å²) < 4.78 is 23.3. The summed E-state index contributed by atoms with van der Waals surface area (Å²) in [5.41, 5.74) is 0. The second kappa shape index (κ2) is 4.69. The van der Waals surface area contributed by atoms with Crippen LogP contribution in [0.1, 0.15) is 19.8 Å². The summed E-state index contributed by atoms with van der Waals surface area (Å²) in [6.45, 7) is 2.13. The molecule has 0 saturated heterocycles. The van der Waals surface area contributed by atoms with Crippen molar-refractivity contribution in [3.8, 4) is 0 Å². The van der Waals surface area contributed by atoms with E-state index in [1.54, 1.807) is 0 Å². The topological polar surface area (TPSA) is 107 Å². The fourth-order valence-electron chi connectivity index (χ4n) is 2.02. The molecule has 0 aliphatic heterocycles. The average Bonchev–Trinajstić information content (AvgIpc) is 2.63. The highest BCUT2D eigenvalue weighted by Gasteiger charge is 2.26. The molecule has 1 saturated carbocycles. The van der Waals surface area contributed by atoms with Gasteiger partial charge < -0.3 is 5.32 Å². The number of nitrogens with one attached hydrogen (secondary N) is 1. The molecule has 8 heteroatoms. The average molecular weight is 272 g/mol. The number of carbonyl (C=O) groups excluding carboxylic acids is 1. The molecular formula is C10H16N4O3S. The lowest BCUT2D eigenvalue weighted by atomic mass is 9.82. The highest BCUT2D eigenvalue weighted by Crippen LogP contribution is 2.26. The maximum atomic E-state index is 11.6. The Balaban J connectivity index is 1.89. The summed E-state index contributed by atoms with van der Waals surface area (Å²) in [5.74, 6) is 0.491. The Morgan fingerprint density at radius 1 is 1.61 bits per heavy atom. The van der Waals surface area contributed by atoms with Gasteiger partial charge in [-0.3, -0.25) is 9.48 Å². The van der Waals surface area contributed by atoms with Crippen LogP contribution < -0.4 is 10.5 Å². The summed E-state index contributed by atoms with van der Waals surface area (Å²) >= 11 is 0. The third kappa shape index (κ3) is 3.08. The molecule has 100 valence electrons. The van der Waals surface area contributed by atoms with Gasteiger partial charge in [0.05, 0.1) is 6.20 Å². The predicted octanol–water partition coefficient (Wildman–Crippen LogP) is -0.555. The van der Waals surface area contributed by atoms with E-state index >= 15 is 0 Å². The fraction of sp³-hybridized carbons (Fsp3) is 0.600. The molecule has 1 heterocycles. The molecule has 1 fully saturated rings. The molecule has 18 heavy (non-hydrogen) atoms. The molecule has 7 nitrogen and oxygen atoms in total. The van der Waals surface area contributed by atoms with Crippen molar-refractivity contribution in [2.24, 2.45) is 11.1 Å². The monoisotopic (exact) mass is 272 g/mol. The molecule has 1 amide bonds. The van der Waals surface area contributed by atoms with Crippen LogP contribution in [0.4, 0.5) is 0 Å². The number of sulfonamides is 1. The molecule has 2 rings (SSSR count). The first-order valence-corrected chi connectivity index (χ1v) is 7.24. The minimum atomic E-state index is -3.76. The van der Waals surface area contributed by atoms with Crippen molar-refractivity contribution in [3.63, 3.8) is 0 Å². The number of aromatic nitrogens is 2. The lowest BCUT2D eigenvalue weighted by molar-refractivity contribution is -0.123. The minimum Gasteiger partial charge on any atom is -0.352 e. The highest BCUT2D eigenvalue weighted by molar-refractivity contribution is 7.89. The van der Waals surface area contributed by atoms with Gasteiger partial charge in [-0.15, -0.1) is 0 Å². The van der Waals surface area contributed by atoms with Crippen LogP contribution in [0.5, 0.6) is 0 Å². The molecule has 1 aromatic heterocycles. The zero-order valence-corrected chi connectivity index (χ0v) is 10.9. The Kier molecular flexibility index (Phi) is 3.40. The van der Waals surface area contributed by atoms with Gasteiger partial charge >= 0.3 is 0 Å². The first-order valence-electron chi connectivity index (χ1n) is 5.69. The molecule has 1 aromatic rings. The molecule has 0 radical (unpaired) electrons. The van der Waals surface area contributed by atoms with E-state index in [4.69, 9.17) is 5.14 Å². The van der Waals surface area contributed by atoms with E-state index < -0.39 is 10.0 Å². The van der Waals surface area contributed by atoms with Gasteiger partial charge in [0.15, 0.2) is 0 Å². The Morgan fingerprint density at radius 3 is 2.78 bits per heavy atom. The smallest absolute Gasteiger partial charge is 0.241 e. The van der Waals surface area contributed by atoms with Crippen LogP contribution in [0.2, 0.25) is 0 Å². The Labute approximate surface area is 105 Å². The number of rotatable bonds is 4. The number of hydrogen-bond donors (Lipinski definition) is 2. The minimum absolute atomic E-state index is 0.000398. The predicted molar refractivity (Wildman–Crippen MR) is 63.9 cm³/mol. The number of nitrogens with zero attached hydrogens (tertiary/aromatic N) is 2. The van der Waals surface area contributed by atoms with E-state index in [0.717, 1.165) is 19.0 Å². The van der Waals surface area contributed by atoms with Crippen molar-refractivity contribution >= 4 is 15.9 Å². The van der Waals surface area contributed by atoms with Gasteiger partial charge in [-0.05, 0) is 18.8 Å². The van der Waals surface area contributed by atoms with Crippen LogP contribution in [-0.4, -0.2) is 30.1 Å². The van der Waals surface area contributed by atoms with Crippen LogP contribution in [0.15, 0.2) is 17.3 Å². The number of nitrogens with two attached hydrogens (primary N) is 1. The van der Waals surface area contributed by atoms with E-state index in [1.165, 1.54) is 10.9 Å². The largest absolute Gasteiger partial charge is 0.352 e. The van der Waals surface area contributed by atoms with Crippen molar-refractivity contribution in [2.45, 2.75) is 37.2 Å². The van der Waals surface area contributed by atoms with Gasteiger partial charge in [0.25, 0.3) is 0 Å². The molecule has 0 aromatic carbocycles. The number of hydrogen-bond acceptors (Lipinski definition) is 4. The maximum absolute atomic E-state index is 11.6. The van der Waals surface area contributed by atoms with Crippen LogP contribution in [-0.2, 0) is 21.4 Å². The van der Waals surface area contributed by atoms with Crippen LogP contribution in [0.25, 0.3) is 0 Å². The quantitative estimate of drug-likeness (QED) is 0.766. The first-order chi connectivity index (χ1) is 8.34. The Morgan fingerprint density at radius 2 is 2.28 bits per heavy atom. The summed E-state index contributed by atoms with van der Waals surface area (Å²) in [6.07, 6.45) is 4.37. The van der Waals surface area contributed by atoms with Gasteiger partial charge in [-0.1, -0.05) is 6.92 Å². The summed E-state index contributed by atoms with van der Waals surface area (Å²) in [6, 6.07) is 0.237. The second-order valence-electron chi connectivity index (χ2n) is 4.76. The SMILES string of the molecule is CC1CC(NC(=O)Cn2cc(S(N)(=O)=O)cn2)C1. The van der Waals surface area contributed by atoms with Crippen molar-refractivity contribution in [1.82, 2.24) is 15.1 Å². The lowest BCUT2D eigenvalue weighted by Crippen LogP contribution is -2.44. The molecule has 0 atom stereocenters. The molecule has 0 unspecified atom stereocenters. The van der Waals surface area contributed by atoms with E-state index in [-0.39, 0.29) is 23.4 Å². The van der Waals surface area contributed by atoms with E-state index in [0.29, 0.717) is 5.92 Å². The van der Waals surface area contributed by atoms with E-state index in [9.17, 15) is 13.2 Å². The molecule has 0 spiro atoms. The van der Waals surface area contributed by atoms with Crippen molar-refractivity contribution in [1.29, 1.82) is 0 Å². The number of carbonyl (C=O) groups is 1. The van der Waals surface area contributed by atoms with E-state index in [1.807, 2.05) is 0 Å². The van der Waals surface area contributed by atoms with Crippen LogP contribution in [0.3, 0.4) is 0 Å². The van der Waals surface area contributed by atoms with Gasteiger partial charge in [0.2, 0.25) is 15.9 Å². The highest BCUT2D eigenvalue weighted by atomic mass is 32.2. The fourth-order valence-corrected chi connectivity index (χ4v) is 2.48. The van der Waals surface area contributed by atoms with Gasteiger partial charge in [-0.25, -0.2) is 13.6 Å². The zero-order valence-electron chi connectivity index (χ0n) is 10.0. The molecular weight excluding hydrogens is 256 g/mol. The van der Waals surface area contributed by atoms with Gasteiger partial charge in [-0.2, -0.15) is 5.10 Å². The van der Waals surface area contributed by atoms with Gasteiger partial charge in [0, 0.05) is 12.2 Å². The second-order valence-corrected chi connectivity index (χ2v) is 6.32. The number of primary sulfonamides is 1. The lowest BCUT2D eigenvalue weighted by Gasteiger charge is -2.33. The Hall–Kier alpha value is -1.41. The van der Waals surface area contributed by atoms with Crippen molar-refractivity contribution in [3.05, 3.63) is 12.4 Å². The molecule has 1 aliphatic rings. The molecule has 1 aliphatic carbocycles. The summed E-state index contributed by atoms with van der Waals surface area (Å²) in [4.78, 5) is 11.5. The third-order valence-electron chi connectivity index (χ3n) is 2.98. The number of amides is 1. The first kappa shape index (κ1) is 13.0. The van der Waals surface area contributed by atoms with Crippen LogP contribution >= 0.6 is 0 Å². The third-order valence-corrected chi connectivity index (χ3v) is 3.85. The standard InChI is InChI=1S/C10H16N4O3S/c1-7-2-8(3-7)13-10(15)6-14-5-9(4-12-14)18(11,16)17/h4-5,7-8H,2-3,6H2,1H3,(H,13,15)(H2,11,16,17). The van der Waals surface area contributed by atoms with Crippen LogP contribution in [0, 0.1) is 5.92 Å². The van der Waals surface area contributed by atoms with Crippen molar-refractivity contribution < 1.29 is 13.2 Å². The molecule has 3 N–H and O–H groups in total. The van der Waals surface area contributed by atoms with Gasteiger partial charge in [0.1, 0.15) is 11.4 Å². The summed E-state index contributed by atoms with van der Waals surface area (Å²) in [7, 11) is -3.76. The van der Waals surface area contributed by atoms with E-state index in [2.05, 4.69) is 17.3 Å². The maximum Gasteiger partial charge on any atom is 0.241 e. The van der Waals surface area contributed by atoms with Crippen molar-refractivity contribution in [2.75, 3.05) is 0 Å². The zero-order chi connectivity index (χ0) is 13.3.